The van der Waals surface area contributed by atoms with Gasteiger partial charge in [0.25, 0.3) is 0 Å². The molecule has 0 N–H and O–H groups in total. The van der Waals surface area contributed by atoms with E-state index in [4.69, 9.17) is 23.2 Å². The predicted molar refractivity (Wildman–Crippen MR) is 43.0 cm³/mol. The Bertz CT molecular complexity index is 291. The molecule has 0 fully saturated rings. The number of rotatable bonds is 2. The molecule has 0 saturated heterocycles. The maximum atomic E-state index is 12.6. The van der Waals surface area contributed by atoms with Gasteiger partial charge in [-0.25, -0.2) is 8.78 Å². The maximum absolute atomic E-state index is 12.6. The van der Waals surface area contributed by atoms with Crippen molar-refractivity contribution in [3.8, 4) is 5.75 Å². The van der Waals surface area contributed by atoms with Crippen LogP contribution in [0.25, 0.3) is 0 Å². The van der Waals surface area contributed by atoms with Crippen LogP contribution in [-0.4, -0.2) is 6.86 Å². The van der Waals surface area contributed by atoms with Gasteiger partial charge in [0.05, 0.1) is 5.02 Å². The molecule has 1 aromatic carbocycles. The van der Waals surface area contributed by atoms with Gasteiger partial charge in [-0.1, -0.05) is 23.2 Å². The zero-order valence-electron chi connectivity index (χ0n) is 5.78. The summed E-state index contributed by atoms with van der Waals surface area (Å²) in [6, 6.07) is 2.27. The quantitative estimate of drug-likeness (QED) is 0.683. The molecule has 0 bridgehead atoms. The van der Waals surface area contributed by atoms with E-state index in [1.807, 2.05) is 0 Å². The van der Waals surface area contributed by atoms with E-state index < -0.39 is 12.7 Å². The summed E-state index contributed by atoms with van der Waals surface area (Å²) in [7, 11) is 0. The zero-order chi connectivity index (χ0) is 9.14. The van der Waals surface area contributed by atoms with E-state index in [0.29, 0.717) is 0 Å². The number of ether oxygens (including phenoxy) is 1. The Labute approximate surface area is 77.8 Å². The number of hydrogen-bond donors (Lipinski definition) is 0. The molecule has 1 rings (SSSR count). The summed E-state index contributed by atoms with van der Waals surface area (Å²) in [5, 5.41) is -0.378. The third-order valence-corrected chi connectivity index (χ3v) is 2.05. The normalized spacial score (nSPS) is 10.0. The molecule has 0 aliphatic carbocycles. The molecule has 0 radical (unpaired) electrons. The molecule has 0 amide bonds. The van der Waals surface area contributed by atoms with Gasteiger partial charge in [0.1, 0.15) is 16.6 Å². The minimum atomic E-state index is -1.03. The Morgan fingerprint density at radius 2 is 1.92 bits per heavy atom. The highest BCUT2D eigenvalue weighted by Gasteiger charge is 2.10. The van der Waals surface area contributed by atoms with Crippen LogP contribution in [0.15, 0.2) is 12.1 Å². The van der Waals surface area contributed by atoms with E-state index in [9.17, 15) is 8.78 Å². The lowest BCUT2D eigenvalue weighted by molar-refractivity contribution is 0.191. The Morgan fingerprint density at radius 1 is 1.25 bits per heavy atom. The van der Waals surface area contributed by atoms with Gasteiger partial charge in [-0.15, -0.1) is 0 Å². The van der Waals surface area contributed by atoms with Crippen molar-refractivity contribution in [3.05, 3.63) is 28.0 Å². The summed E-state index contributed by atoms with van der Waals surface area (Å²) in [4.78, 5) is 0. The minimum Gasteiger partial charge on any atom is -0.461 e. The van der Waals surface area contributed by atoms with Crippen LogP contribution >= 0.6 is 23.2 Å². The first-order valence-electron chi connectivity index (χ1n) is 2.99. The summed E-state index contributed by atoms with van der Waals surface area (Å²) in [5.74, 6) is -0.626. The number of hydrogen-bond acceptors (Lipinski definition) is 1. The van der Waals surface area contributed by atoms with E-state index in [1.54, 1.807) is 0 Å². The molecule has 66 valence electrons. The summed E-state index contributed by atoms with van der Waals surface area (Å²) >= 11 is 10.9. The molecule has 0 aromatic heterocycles. The van der Waals surface area contributed by atoms with E-state index >= 15 is 0 Å². The van der Waals surface area contributed by atoms with E-state index in [2.05, 4.69) is 4.74 Å². The molecule has 0 aliphatic heterocycles. The van der Waals surface area contributed by atoms with Crippen molar-refractivity contribution in [2.45, 2.75) is 0 Å². The van der Waals surface area contributed by atoms with Crippen LogP contribution in [0.2, 0.25) is 10.0 Å². The second-order valence-electron chi connectivity index (χ2n) is 1.93. The second kappa shape index (κ2) is 3.92. The van der Waals surface area contributed by atoms with Crippen molar-refractivity contribution in [3.63, 3.8) is 0 Å². The van der Waals surface area contributed by atoms with Gasteiger partial charge in [-0.05, 0) is 12.1 Å². The van der Waals surface area contributed by atoms with Crippen LogP contribution in [0, 0.1) is 5.82 Å². The molecule has 1 aromatic rings. The zero-order valence-corrected chi connectivity index (χ0v) is 7.29. The third kappa shape index (κ3) is 1.79. The van der Waals surface area contributed by atoms with E-state index in [0.717, 1.165) is 6.07 Å². The molecule has 1 nitrogen and oxygen atoms in total. The van der Waals surface area contributed by atoms with Gasteiger partial charge in [-0.2, -0.15) is 0 Å². The lowest BCUT2D eigenvalue weighted by Crippen LogP contribution is -1.92. The Hall–Kier alpha value is -0.540. The van der Waals surface area contributed by atoms with Crippen molar-refractivity contribution < 1.29 is 13.5 Å². The predicted octanol–water partition coefficient (Wildman–Crippen LogP) is 3.44. The average molecular weight is 213 g/mol. The Balaban J connectivity index is 3.08. The summed E-state index contributed by atoms with van der Waals surface area (Å²) in [5.41, 5.74) is 0. The maximum Gasteiger partial charge on any atom is 0.228 e. The molecule has 0 unspecified atom stereocenters. The fourth-order valence-corrected chi connectivity index (χ4v) is 1.04. The molecule has 12 heavy (non-hydrogen) atoms. The van der Waals surface area contributed by atoms with Crippen molar-refractivity contribution in [2.75, 3.05) is 6.86 Å². The smallest absolute Gasteiger partial charge is 0.228 e. The first-order chi connectivity index (χ1) is 5.66. The molecule has 0 saturated carbocycles. The number of benzene rings is 1. The highest BCUT2D eigenvalue weighted by molar-refractivity contribution is 6.43. The lowest BCUT2D eigenvalue weighted by atomic mass is 10.3. The molecule has 0 heterocycles. The largest absolute Gasteiger partial charge is 0.461 e. The summed E-state index contributed by atoms with van der Waals surface area (Å²) in [6.45, 7) is -1.03. The van der Waals surface area contributed by atoms with Gasteiger partial charge in [0.15, 0.2) is 0 Å². The van der Waals surface area contributed by atoms with Gasteiger partial charge >= 0.3 is 0 Å². The van der Waals surface area contributed by atoms with Gasteiger partial charge in [-0.3, -0.25) is 0 Å². The SMILES string of the molecule is FCOc1ccc(F)c(Cl)c1Cl. The highest BCUT2D eigenvalue weighted by atomic mass is 35.5. The number of alkyl halides is 1. The highest BCUT2D eigenvalue weighted by Crippen LogP contribution is 2.33. The molecule has 5 heteroatoms. The van der Waals surface area contributed by atoms with Crippen LogP contribution in [-0.2, 0) is 0 Å². The average Bonchev–Trinajstić information content (AvgIpc) is 2.07. The molecule has 0 spiro atoms. The van der Waals surface area contributed by atoms with E-state index in [-0.39, 0.29) is 15.8 Å². The monoisotopic (exact) mass is 212 g/mol. The Morgan fingerprint density at radius 3 is 2.50 bits per heavy atom. The van der Waals surface area contributed by atoms with Crippen LogP contribution < -0.4 is 4.74 Å². The van der Waals surface area contributed by atoms with Crippen molar-refractivity contribution >= 4 is 23.2 Å². The molecular weight excluding hydrogens is 209 g/mol. The third-order valence-electron chi connectivity index (χ3n) is 1.21. The van der Waals surface area contributed by atoms with Crippen LogP contribution in [0.5, 0.6) is 5.75 Å². The van der Waals surface area contributed by atoms with Crippen molar-refractivity contribution in [1.82, 2.24) is 0 Å². The fraction of sp³-hybridized carbons (Fsp3) is 0.143. The van der Waals surface area contributed by atoms with Crippen molar-refractivity contribution in [1.29, 1.82) is 0 Å². The van der Waals surface area contributed by atoms with Crippen LogP contribution in [0.3, 0.4) is 0 Å². The molecule has 0 aliphatic rings. The van der Waals surface area contributed by atoms with Gasteiger partial charge < -0.3 is 4.74 Å². The van der Waals surface area contributed by atoms with Crippen molar-refractivity contribution in [2.24, 2.45) is 0 Å². The standard InChI is InChI=1S/C7H4Cl2F2O/c8-6-4(11)1-2-5(7(6)9)12-3-10/h1-2H,3H2. The lowest BCUT2D eigenvalue weighted by Gasteiger charge is -2.04. The topological polar surface area (TPSA) is 9.23 Å². The second-order valence-corrected chi connectivity index (χ2v) is 2.68. The van der Waals surface area contributed by atoms with Gasteiger partial charge in [0.2, 0.25) is 6.86 Å². The summed E-state index contributed by atoms with van der Waals surface area (Å²) in [6.07, 6.45) is 0. The first kappa shape index (κ1) is 9.55. The minimum absolute atomic E-state index is 0.0329. The van der Waals surface area contributed by atoms with Crippen LogP contribution in [0.4, 0.5) is 8.78 Å². The molecule has 0 atom stereocenters. The van der Waals surface area contributed by atoms with E-state index in [1.165, 1.54) is 6.07 Å². The van der Waals surface area contributed by atoms with Crippen LogP contribution in [0.1, 0.15) is 0 Å². The van der Waals surface area contributed by atoms with Gasteiger partial charge in [0, 0.05) is 0 Å². The summed E-state index contributed by atoms with van der Waals surface area (Å²) < 4.78 is 28.7. The Kier molecular flexibility index (Phi) is 3.12. The first-order valence-corrected chi connectivity index (χ1v) is 3.74. The molecular formula is C7H4Cl2F2O. The fourth-order valence-electron chi connectivity index (χ4n) is 0.678. The number of halogens is 4.